The number of fused-ring (bicyclic) bond motifs is 2. The van der Waals surface area contributed by atoms with Gasteiger partial charge >= 0.3 is 0 Å². The van der Waals surface area contributed by atoms with Crippen LogP contribution in [0, 0.1) is 11.3 Å². The van der Waals surface area contributed by atoms with Crippen LogP contribution in [0.4, 0.5) is 0 Å². The third kappa shape index (κ3) is 2.79. The van der Waals surface area contributed by atoms with E-state index in [1.54, 1.807) is 0 Å². The Hall–Kier alpha value is -1.41. The van der Waals surface area contributed by atoms with E-state index >= 15 is 0 Å². The van der Waals surface area contributed by atoms with Gasteiger partial charge in [0.25, 0.3) is 0 Å². The van der Waals surface area contributed by atoms with Crippen LogP contribution >= 0.6 is 0 Å². The summed E-state index contributed by atoms with van der Waals surface area (Å²) in [7, 11) is 0. The third-order valence-corrected chi connectivity index (χ3v) is 3.98. The lowest BCUT2D eigenvalue weighted by molar-refractivity contribution is -0.0755. The Kier molecular flexibility index (Phi) is 3.28. The summed E-state index contributed by atoms with van der Waals surface area (Å²) in [6.45, 7) is 1.37. The molecular formula is C15H18N2O2. The Morgan fingerprint density at radius 2 is 1.89 bits per heavy atom. The molecule has 19 heavy (non-hydrogen) atoms. The van der Waals surface area contributed by atoms with Gasteiger partial charge in [-0.25, -0.2) is 0 Å². The summed E-state index contributed by atoms with van der Waals surface area (Å²) < 4.78 is 5.50. The Morgan fingerprint density at radius 3 is 2.47 bits per heavy atom. The van der Waals surface area contributed by atoms with Gasteiger partial charge in [0, 0.05) is 18.5 Å². The molecule has 100 valence electrons. The molecule has 2 fully saturated rings. The summed E-state index contributed by atoms with van der Waals surface area (Å²) in [5.74, 6) is 0. The fourth-order valence-electron chi connectivity index (χ4n) is 3.24. The van der Waals surface area contributed by atoms with Gasteiger partial charge in [-0.05, 0) is 30.5 Å². The van der Waals surface area contributed by atoms with Gasteiger partial charge in [-0.3, -0.25) is 0 Å². The van der Waals surface area contributed by atoms with Crippen molar-refractivity contribution in [2.45, 2.75) is 36.9 Å². The van der Waals surface area contributed by atoms with Gasteiger partial charge in [0.2, 0.25) is 0 Å². The molecule has 3 rings (SSSR count). The van der Waals surface area contributed by atoms with E-state index in [1.807, 2.05) is 24.3 Å². The van der Waals surface area contributed by atoms with Crippen molar-refractivity contribution >= 4 is 0 Å². The van der Waals surface area contributed by atoms with E-state index in [0.717, 1.165) is 18.4 Å². The first-order chi connectivity index (χ1) is 9.17. The van der Waals surface area contributed by atoms with E-state index in [2.05, 4.69) is 11.4 Å². The van der Waals surface area contributed by atoms with Crippen LogP contribution in [0.25, 0.3) is 0 Å². The highest BCUT2D eigenvalue weighted by Crippen LogP contribution is 2.31. The monoisotopic (exact) mass is 258 g/mol. The number of benzene rings is 1. The molecular weight excluding hydrogens is 240 g/mol. The number of piperidine rings is 1. The molecule has 0 radical (unpaired) electrons. The smallest absolute Gasteiger partial charge is 0.0991 e. The first-order valence-electron chi connectivity index (χ1n) is 6.72. The highest BCUT2D eigenvalue weighted by atomic mass is 16.5. The Bertz CT molecular complexity index is 480. The maximum atomic E-state index is 10.8. The van der Waals surface area contributed by atoms with Gasteiger partial charge in [-0.2, -0.15) is 5.26 Å². The van der Waals surface area contributed by atoms with Crippen molar-refractivity contribution < 1.29 is 9.84 Å². The third-order valence-electron chi connectivity index (χ3n) is 3.98. The molecule has 4 nitrogen and oxygen atoms in total. The molecule has 1 aromatic carbocycles. The number of rotatable bonds is 2. The number of hydrogen-bond donors (Lipinski definition) is 2. The minimum absolute atomic E-state index is 0.260. The summed E-state index contributed by atoms with van der Waals surface area (Å²) >= 11 is 0. The van der Waals surface area contributed by atoms with Crippen LogP contribution in [0.15, 0.2) is 24.3 Å². The standard InChI is InChI=1S/C15H18N2O2/c16-8-12-3-1-11(2-4-12)5-15(18)6-13-9-19-10-14(7-15)17-13/h1-4,13-14,17-18H,5-7,9-10H2. The van der Waals surface area contributed by atoms with Gasteiger partial charge in [-0.1, -0.05) is 12.1 Å². The van der Waals surface area contributed by atoms with Crippen LogP contribution in [0.2, 0.25) is 0 Å². The summed E-state index contributed by atoms with van der Waals surface area (Å²) in [4.78, 5) is 0. The topological polar surface area (TPSA) is 65.3 Å². The molecule has 0 spiro atoms. The molecule has 2 heterocycles. The molecule has 0 aliphatic carbocycles. The Labute approximate surface area is 113 Å². The van der Waals surface area contributed by atoms with E-state index < -0.39 is 5.60 Å². The molecule has 1 aromatic rings. The molecule has 2 saturated heterocycles. The molecule has 0 amide bonds. The van der Waals surface area contributed by atoms with Crippen molar-refractivity contribution in [1.29, 1.82) is 5.26 Å². The van der Waals surface area contributed by atoms with Crippen LogP contribution in [0.5, 0.6) is 0 Å². The van der Waals surface area contributed by atoms with E-state index in [4.69, 9.17) is 10.00 Å². The molecule has 0 saturated carbocycles. The number of aliphatic hydroxyl groups is 1. The maximum absolute atomic E-state index is 10.8. The zero-order valence-corrected chi connectivity index (χ0v) is 10.8. The largest absolute Gasteiger partial charge is 0.389 e. The fourth-order valence-corrected chi connectivity index (χ4v) is 3.24. The van der Waals surface area contributed by atoms with Crippen molar-refractivity contribution in [2.75, 3.05) is 13.2 Å². The average molecular weight is 258 g/mol. The fraction of sp³-hybridized carbons (Fsp3) is 0.533. The SMILES string of the molecule is N#Cc1ccc(CC2(O)CC3COCC(C2)N3)cc1. The lowest BCUT2D eigenvalue weighted by Gasteiger charge is -2.45. The summed E-state index contributed by atoms with van der Waals surface area (Å²) in [6, 6.07) is 10.1. The second-order valence-corrected chi connectivity index (χ2v) is 5.72. The molecule has 2 unspecified atom stereocenters. The van der Waals surface area contributed by atoms with Gasteiger partial charge in [0.05, 0.1) is 30.4 Å². The van der Waals surface area contributed by atoms with E-state index in [9.17, 15) is 5.11 Å². The molecule has 2 N–H and O–H groups in total. The lowest BCUT2D eigenvalue weighted by atomic mass is 9.79. The predicted molar refractivity (Wildman–Crippen MR) is 70.6 cm³/mol. The number of nitrogens with zero attached hydrogens (tertiary/aromatic N) is 1. The first kappa shape index (κ1) is 12.6. The number of nitrogens with one attached hydrogen (secondary N) is 1. The summed E-state index contributed by atoms with van der Waals surface area (Å²) in [5, 5.41) is 23.1. The minimum atomic E-state index is -0.654. The summed E-state index contributed by atoms with van der Waals surface area (Å²) in [6.07, 6.45) is 2.10. The summed E-state index contributed by atoms with van der Waals surface area (Å²) in [5.41, 5.74) is 1.09. The zero-order valence-electron chi connectivity index (χ0n) is 10.8. The highest BCUT2D eigenvalue weighted by Gasteiger charge is 2.41. The van der Waals surface area contributed by atoms with E-state index in [-0.39, 0.29) is 12.1 Å². The number of nitriles is 1. The van der Waals surface area contributed by atoms with Crippen molar-refractivity contribution in [1.82, 2.24) is 5.32 Å². The first-order valence-corrected chi connectivity index (χ1v) is 6.72. The van der Waals surface area contributed by atoms with E-state index in [0.29, 0.717) is 25.2 Å². The molecule has 0 aromatic heterocycles. The highest BCUT2D eigenvalue weighted by molar-refractivity contribution is 5.32. The maximum Gasteiger partial charge on any atom is 0.0991 e. The molecule has 2 aliphatic heterocycles. The molecule has 4 heteroatoms. The van der Waals surface area contributed by atoms with Crippen LogP contribution < -0.4 is 5.32 Å². The number of hydrogen-bond acceptors (Lipinski definition) is 4. The number of morpholine rings is 1. The van der Waals surface area contributed by atoms with Crippen molar-refractivity contribution in [3.8, 4) is 6.07 Å². The van der Waals surface area contributed by atoms with Gasteiger partial charge in [0.15, 0.2) is 0 Å². The quantitative estimate of drug-likeness (QED) is 0.830. The van der Waals surface area contributed by atoms with Crippen LogP contribution in [-0.4, -0.2) is 36.0 Å². The average Bonchev–Trinajstić information content (AvgIpc) is 2.38. The van der Waals surface area contributed by atoms with Crippen LogP contribution in [-0.2, 0) is 11.2 Å². The molecule has 2 atom stereocenters. The second kappa shape index (κ2) is 4.93. The van der Waals surface area contributed by atoms with Crippen LogP contribution in [0.3, 0.4) is 0 Å². The van der Waals surface area contributed by atoms with Gasteiger partial charge in [-0.15, -0.1) is 0 Å². The van der Waals surface area contributed by atoms with Crippen LogP contribution in [0.1, 0.15) is 24.0 Å². The minimum Gasteiger partial charge on any atom is -0.389 e. The van der Waals surface area contributed by atoms with Crippen molar-refractivity contribution in [2.24, 2.45) is 0 Å². The predicted octanol–water partition coefficient (Wildman–Crippen LogP) is 0.983. The molecule has 2 bridgehead atoms. The normalized spacial score (nSPS) is 33.7. The van der Waals surface area contributed by atoms with Gasteiger partial charge in [0.1, 0.15) is 0 Å². The number of ether oxygens (including phenoxy) is 1. The second-order valence-electron chi connectivity index (χ2n) is 5.72. The van der Waals surface area contributed by atoms with Crippen molar-refractivity contribution in [3.63, 3.8) is 0 Å². The zero-order chi connectivity index (χ0) is 13.3. The lowest BCUT2D eigenvalue weighted by Crippen LogP contribution is -2.60. The van der Waals surface area contributed by atoms with Crippen molar-refractivity contribution in [3.05, 3.63) is 35.4 Å². The Morgan fingerprint density at radius 1 is 1.26 bits per heavy atom. The van der Waals surface area contributed by atoms with E-state index in [1.165, 1.54) is 0 Å². The molecule has 2 aliphatic rings. The Balaban J connectivity index is 1.72. The van der Waals surface area contributed by atoms with Gasteiger partial charge < -0.3 is 15.2 Å².